The second-order valence-corrected chi connectivity index (χ2v) is 14.8. The highest BCUT2D eigenvalue weighted by atomic mass is 35.5. The maximum Gasteiger partial charge on any atom is 0.273 e. The molecule has 11 heteroatoms. The molecule has 42 heavy (non-hydrogen) atoms. The van der Waals surface area contributed by atoms with Gasteiger partial charge in [-0.05, 0) is 86.8 Å². The number of aliphatic hydroxyl groups excluding tert-OH is 1. The topological polar surface area (TPSA) is 95.9 Å². The van der Waals surface area contributed by atoms with Crippen LogP contribution in [-0.4, -0.2) is 50.5 Å². The van der Waals surface area contributed by atoms with Gasteiger partial charge in [0.25, 0.3) is 11.8 Å². The molecule has 4 aliphatic rings. The van der Waals surface area contributed by atoms with E-state index in [0.717, 1.165) is 12.8 Å². The van der Waals surface area contributed by atoms with Gasteiger partial charge < -0.3 is 14.7 Å². The largest absolute Gasteiger partial charge is 0.490 e. The molecule has 0 aromatic heterocycles. The molecule has 226 valence electrons. The van der Waals surface area contributed by atoms with Gasteiger partial charge in [-0.15, -0.1) is 0 Å². The molecule has 2 aliphatic heterocycles. The number of sulfonamides is 1. The van der Waals surface area contributed by atoms with Crippen LogP contribution in [0.1, 0.15) is 66.9 Å². The van der Waals surface area contributed by atoms with Gasteiger partial charge in [0.1, 0.15) is 5.75 Å². The Hall–Kier alpha value is -2.69. The van der Waals surface area contributed by atoms with Crippen molar-refractivity contribution in [1.29, 1.82) is 0 Å². The third-order valence-electron chi connectivity index (χ3n) is 9.63. The fourth-order valence-electron chi connectivity index (χ4n) is 6.87. The lowest BCUT2D eigenvalue weighted by atomic mass is 9.67. The predicted octanol–water partition coefficient (Wildman–Crippen LogP) is 5.55. The molecule has 0 saturated heterocycles. The Bertz CT molecular complexity index is 1530. The molecule has 7 nitrogen and oxygen atoms in total. The van der Waals surface area contributed by atoms with Crippen molar-refractivity contribution in [2.45, 2.75) is 68.1 Å². The van der Waals surface area contributed by atoms with Crippen LogP contribution in [0, 0.1) is 11.8 Å². The molecular formula is C31H35ClF2N2O5S. The van der Waals surface area contributed by atoms with Crippen molar-refractivity contribution in [3.05, 3.63) is 70.3 Å². The number of halogens is 3. The minimum atomic E-state index is -3.94. The van der Waals surface area contributed by atoms with E-state index in [0.29, 0.717) is 42.9 Å². The molecule has 0 radical (unpaired) electrons. The van der Waals surface area contributed by atoms with E-state index in [1.165, 1.54) is 12.1 Å². The van der Waals surface area contributed by atoms with Crippen molar-refractivity contribution < 1.29 is 31.8 Å². The summed E-state index contributed by atoms with van der Waals surface area (Å²) in [5.41, 5.74) is 0.385. The van der Waals surface area contributed by atoms with Gasteiger partial charge >= 0.3 is 0 Å². The Balaban J connectivity index is 1.44. The first-order chi connectivity index (χ1) is 19.9. The molecule has 2 heterocycles. The Kier molecular flexibility index (Phi) is 7.55. The van der Waals surface area contributed by atoms with Gasteiger partial charge in [-0.3, -0.25) is 4.79 Å². The molecule has 2 N–H and O–H groups in total. The Morgan fingerprint density at radius 3 is 2.67 bits per heavy atom. The number of hydrogen-bond donors (Lipinski definition) is 2. The van der Waals surface area contributed by atoms with Crippen molar-refractivity contribution in [2.24, 2.45) is 11.8 Å². The maximum absolute atomic E-state index is 15.2. The van der Waals surface area contributed by atoms with E-state index in [1.807, 2.05) is 0 Å². The first-order valence-electron chi connectivity index (χ1n) is 14.5. The number of benzene rings is 2. The maximum atomic E-state index is 15.2. The SMILES string of the molecule is C[C@@H]1CC/C=C\[C@H](O)[C@@H]2CC[C@H]2CN2C[C@@]3(CCC(F)(F)c4cc(Cl)ccc43)COc3ccc(cc32)C(=O)NS1(=O)=O. The highest BCUT2D eigenvalue weighted by molar-refractivity contribution is 7.90. The van der Waals surface area contributed by atoms with Gasteiger partial charge in [0, 0.05) is 41.1 Å². The minimum Gasteiger partial charge on any atom is -0.490 e. The predicted molar refractivity (Wildman–Crippen MR) is 157 cm³/mol. The van der Waals surface area contributed by atoms with Gasteiger partial charge in [0.2, 0.25) is 10.0 Å². The second-order valence-electron chi connectivity index (χ2n) is 12.3. The summed E-state index contributed by atoms with van der Waals surface area (Å²) in [6.07, 6.45) is 5.19. The normalized spacial score (nSPS) is 32.8. The number of anilines is 1. The standard InChI is InChI=1S/C31H35ClF2N2O5S/c1-19-4-2-3-5-27(37)23-9-6-21(23)16-36-17-30(12-13-31(33,34)25-15-22(32)8-10-24(25)30)18-41-28-11-7-20(14-26(28)36)29(38)35-42(19,39)40/h3,5,7-8,10-11,14-15,19,21,23,27,37H,2,4,6,9,12-13,16-18H2,1H3,(H,35,38)/b5-3-/t19-,21+,23-,27+,30+/m1/s1. The minimum absolute atomic E-state index is 0.00662. The zero-order chi connectivity index (χ0) is 29.9. The number of fused-ring (bicyclic) bond motifs is 4. The number of ether oxygens (including phenoxy) is 1. The first kappa shape index (κ1) is 29.4. The van der Waals surface area contributed by atoms with Crippen molar-refractivity contribution >= 4 is 33.2 Å². The van der Waals surface area contributed by atoms with Gasteiger partial charge in [-0.1, -0.05) is 29.8 Å². The highest BCUT2D eigenvalue weighted by Gasteiger charge is 2.51. The van der Waals surface area contributed by atoms with Gasteiger partial charge in [-0.2, -0.15) is 0 Å². The molecule has 2 bridgehead atoms. The molecule has 1 spiro atoms. The van der Waals surface area contributed by atoms with Crippen LogP contribution in [-0.2, 0) is 21.4 Å². The monoisotopic (exact) mass is 620 g/mol. The van der Waals surface area contributed by atoms with E-state index in [-0.39, 0.29) is 47.4 Å². The van der Waals surface area contributed by atoms with E-state index in [1.54, 1.807) is 43.3 Å². The number of nitrogens with one attached hydrogen (secondary N) is 1. The van der Waals surface area contributed by atoms with Crippen LogP contribution in [0.25, 0.3) is 0 Å². The number of rotatable bonds is 0. The highest BCUT2D eigenvalue weighted by Crippen LogP contribution is 2.52. The summed E-state index contributed by atoms with van der Waals surface area (Å²) in [6.45, 7) is 2.57. The summed E-state index contributed by atoms with van der Waals surface area (Å²) in [6, 6.07) is 9.44. The van der Waals surface area contributed by atoms with Gasteiger partial charge in [0.15, 0.2) is 0 Å². The van der Waals surface area contributed by atoms with E-state index in [4.69, 9.17) is 16.3 Å². The Labute approximate surface area is 249 Å². The molecule has 0 unspecified atom stereocenters. The summed E-state index contributed by atoms with van der Waals surface area (Å²) in [7, 11) is -3.94. The molecule has 2 aromatic carbocycles. The molecule has 2 aliphatic carbocycles. The van der Waals surface area contributed by atoms with E-state index >= 15 is 8.78 Å². The summed E-state index contributed by atoms with van der Waals surface area (Å²) in [5.74, 6) is -3.13. The zero-order valence-corrected chi connectivity index (χ0v) is 24.9. The van der Waals surface area contributed by atoms with Crippen LogP contribution in [0.4, 0.5) is 14.5 Å². The number of nitrogens with zero attached hydrogens (tertiary/aromatic N) is 1. The van der Waals surface area contributed by atoms with Crippen LogP contribution in [0.2, 0.25) is 5.02 Å². The number of allylic oxidation sites excluding steroid dienone is 1. The van der Waals surface area contributed by atoms with Gasteiger partial charge in [0.05, 0.1) is 23.6 Å². The summed E-state index contributed by atoms with van der Waals surface area (Å²) >= 11 is 6.16. The zero-order valence-electron chi connectivity index (χ0n) is 23.4. The van der Waals surface area contributed by atoms with Crippen LogP contribution in [0.3, 0.4) is 0 Å². The van der Waals surface area contributed by atoms with Crippen LogP contribution in [0.5, 0.6) is 5.75 Å². The quantitative estimate of drug-likeness (QED) is 0.375. The van der Waals surface area contributed by atoms with E-state index in [2.05, 4.69) is 9.62 Å². The number of carbonyl (C=O) groups is 1. The lowest BCUT2D eigenvalue weighted by molar-refractivity contribution is -0.0361. The third kappa shape index (κ3) is 5.30. The van der Waals surface area contributed by atoms with Crippen LogP contribution < -0.4 is 14.4 Å². The molecule has 1 amide bonds. The van der Waals surface area contributed by atoms with Gasteiger partial charge in [-0.25, -0.2) is 21.9 Å². The summed E-state index contributed by atoms with van der Waals surface area (Å²) < 4.78 is 64.7. The summed E-state index contributed by atoms with van der Waals surface area (Å²) in [5, 5.41) is 10.4. The van der Waals surface area contributed by atoms with Crippen molar-refractivity contribution in [1.82, 2.24) is 4.72 Å². The molecule has 1 fully saturated rings. The second kappa shape index (κ2) is 10.8. The number of hydrogen-bond acceptors (Lipinski definition) is 6. The smallest absolute Gasteiger partial charge is 0.273 e. The van der Waals surface area contributed by atoms with Crippen molar-refractivity contribution in [3.8, 4) is 5.75 Å². The molecule has 5 atom stereocenters. The third-order valence-corrected chi connectivity index (χ3v) is 11.6. The fraction of sp³-hybridized carbons (Fsp3) is 0.516. The number of amides is 1. The van der Waals surface area contributed by atoms with Crippen molar-refractivity contribution in [3.63, 3.8) is 0 Å². The molecule has 1 saturated carbocycles. The average molecular weight is 621 g/mol. The average Bonchev–Trinajstić information content (AvgIpc) is 3.08. The van der Waals surface area contributed by atoms with E-state index < -0.39 is 38.6 Å². The van der Waals surface area contributed by atoms with E-state index in [9.17, 15) is 18.3 Å². The van der Waals surface area contributed by atoms with Crippen LogP contribution >= 0.6 is 11.6 Å². The number of aliphatic hydroxyl groups is 1. The molecule has 2 aromatic rings. The Morgan fingerprint density at radius 2 is 1.90 bits per heavy atom. The molecule has 6 rings (SSSR count). The lowest BCUT2D eigenvalue weighted by Gasteiger charge is -2.46. The molecular weight excluding hydrogens is 586 g/mol. The number of alkyl halides is 2. The number of carbonyl (C=O) groups excluding carboxylic acids is 1. The Morgan fingerprint density at radius 1 is 1.10 bits per heavy atom. The lowest BCUT2D eigenvalue weighted by Crippen LogP contribution is -2.50. The first-order valence-corrected chi connectivity index (χ1v) is 16.4. The fourth-order valence-corrected chi connectivity index (χ4v) is 8.07. The van der Waals surface area contributed by atoms with Crippen molar-refractivity contribution in [2.75, 3.05) is 24.6 Å². The summed E-state index contributed by atoms with van der Waals surface area (Å²) in [4.78, 5) is 15.3. The van der Waals surface area contributed by atoms with Crippen LogP contribution in [0.15, 0.2) is 48.6 Å².